The molecule has 4 bridgehead atoms. The quantitative estimate of drug-likeness (QED) is 0.729. The van der Waals surface area contributed by atoms with Gasteiger partial charge in [0.05, 0.1) is 5.69 Å². The van der Waals surface area contributed by atoms with Crippen molar-refractivity contribution in [3.05, 3.63) is 11.1 Å². The first-order chi connectivity index (χ1) is 12.7. The predicted molar refractivity (Wildman–Crippen MR) is 106 cm³/mol. The smallest absolute Gasteiger partial charge is 0.321 e. The lowest BCUT2D eigenvalue weighted by molar-refractivity contribution is -0.0496. The fourth-order valence-electron chi connectivity index (χ4n) is 6.85. The molecule has 5 fully saturated rings. The van der Waals surface area contributed by atoms with Crippen LogP contribution in [0, 0.1) is 23.2 Å². The molecule has 0 radical (unpaired) electrons. The number of hydrogen-bond acceptors (Lipinski definition) is 3. The van der Waals surface area contributed by atoms with Crippen LogP contribution in [-0.4, -0.2) is 17.6 Å². The summed E-state index contributed by atoms with van der Waals surface area (Å²) in [5.74, 6) is 3.40. The van der Waals surface area contributed by atoms with Crippen molar-refractivity contribution in [2.75, 3.05) is 11.9 Å². The van der Waals surface area contributed by atoms with E-state index in [0.29, 0.717) is 11.3 Å². The molecule has 0 aromatic carbocycles. The third kappa shape index (κ3) is 3.39. The molecule has 2 amide bonds. The molecule has 0 aliphatic heterocycles. The number of rotatable bonds is 4. The molecule has 0 unspecified atom stereocenters. The summed E-state index contributed by atoms with van der Waals surface area (Å²) >= 11 is 1.57. The standard InChI is InChI=1S/C21H31N3OS/c25-19(24-20-23-18(12-26-20)17-4-2-1-3-5-17)22-13-21-9-14-6-15(10-21)8-16(7-14)11-21/h12,14-17H,1-11,13H2,(H2,22,23,24,25). The van der Waals surface area contributed by atoms with E-state index >= 15 is 0 Å². The van der Waals surface area contributed by atoms with E-state index in [9.17, 15) is 4.79 Å². The Balaban J connectivity index is 1.15. The molecule has 1 aromatic heterocycles. The minimum absolute atomic E-state index is 0.0645. The molecule has 1 heterocycles. The van der Waals surface area contributed by atoms with Crippen LogP contribution >= 0.6 is 11.3 Å². The Morgan fingerprint density at radius 2 is 1.73 bits per heavy atom. The Bertz CT molecular complexity index is 629. The van der Waals surface area contributed by atoms with Crippen molar-refractivity contribution < 1.29 is 4.79 Å². The second-order valence-electron chi connectivity index (χ2n) is 9.64. The molecule has 0 atom stereocenters. The summed E-state index contributed by atoms with van der Waals surface area (Å²) in [5.41, 5.74) is 1.58. The number of nitrogens with one attached hydrogen (secondary N) is 2. The van der Waals surface area contributed by atoms with Crippen molar-refractivity contribution in [3.63, 3.8) is 0 Å². The summed E-state index contributed by atoms with van der Waals surface area (Å²) in [6.45, 7) is 0.850. The van der Waals surface area contributed by atoms with E-state index in [4.69, 9.17) is 4.98 Å². The second kappa shape index (κ2) is 6.81. The van der Waals surface area contributed by atoms with E-state index in [1.807, 2.05) is 0 Å². The van der Waals surface area contributed by atoms with Crippen molar-refractivity contribution in [1.82, 2.24) is 10.3 Å². The maximum Gasteiger partial charge on any atom is 0.321 e. The van der Waals surface area contributed by atoms with E-state index in [1.165, 1.54) is 76.3 Å². The first-order valence-corrected chi connectivity index (χ1v) is 11.6. The van der Waals surface area contributed by atoms with Crippen LogP contribution in [-0.2, 0) is 0 Å². The fraction of sp³-hybridized carbons (Fsp3) is 0.810. The lowest BCUT2D eigenvalue weighted by Gasteiger charge is -2.56. The molecule has 6 rings (SSSR count). The molecule has 2 N–H and O–H groups in total. The maximum absolute atomic E-state index is 12.4. The average Bonchev–Trinajstić information content (AvgIpc) is 3.08. The number of amides is 2. The van der Waals surface area contributed by atoms with Crippen molar-refractivity contribution >= 4 is 22.5 Å². The van der Waals surface area contributed by atoms with Crippen molar-refractivity contribution in [2.24, 2.45) is 23.2 Å². The zero-order valence-electron chi connectivity index (χ0n) is 15.6. The van der Waals surface area contributed by atoms with Gasteiger partial charge in [-0.3, -0.25) is 5.32 Å². The van der Waals surface area contributed by atoms with Crippen LogP contribution in [0.4, 0.5) is 9.93 Å². The highest BCUT2D eigenvalue weighted by atomic mass is 32.1. The highest BCUT2D eigenvalue weighted by Crippen LogP contribution is 2.59. The van der Waals surface area contributed by atoms with Crippen molar-refractivity contribution in [2.45, 2.75) is 76.5 Å². The van der Waals surface area contributed by atoms with Crippen LogP contribution < -0.4 is 10.6 Å². The van der Waals surface area contributed by atoms with Crippen molar-refractivity contribution in [1.29, 1.82) is 0 Å². The lowest BCUT2D eigenvalue weighted by Crippen LogP contribution is -2.51. The Hall–Kier alpha value is -1.10. The molecule has 5 heteroatoms. The van der Waals surface area contributed by atoms with Crippen LogP contribution in [0.25, 0.3) is 0 Å². The summed E-state index contributed by atoms with van der Waals surface area (Å²) < 4.78 is 0. The fourth-order valence-corrected chi connectivity index (χ4v) is 7.63. The lowest BCUT2D eigenvalue weighted by atomic mass is 9.49. The minimum Gasteiger partial charge on any atom is -0.337 e. The number of thiazole rings is 1. The molecule has 0 saturated heterocycles. The Morgan fingerprint density at radius 1 is 1.08 bits per heavy atom. The van der Waals surface area contributed by atoms with E-state index in [0.717, 1.165) is 29.4 Å². The highest BCUT2D eigenvalue weighted by molar-refractivity contribution is 7.13. The van der Waals surface area contributed by atoms with Crippen LogP contribution in [0.5, 0.6) is 0 Å². The summed E-state index contributed by atoms with van der Waals surface area (Å²) in [6, 6.07) is -0.0645. The number of carbonyl (C=O) groups excluding carboxylic acids is 1. The molecule has 1 aromatic rings. The summed E-state index contributed by atoms with van der Waals surface area (Å²) in [6.07, 6.45) is 14.9. The van der Waals surface area contributed by atoms with Crippen LogP contribution in [0.2, 0.25) is 0 Å². The summed E-state index contributed by atoms with van der Waals surface area (Å²) in [7, 11) is 0. The molecule has 26 heavy (non-hydrogen) atoms. The van der Waals surface area contributed by atoms with Gasteiger partial charge in [0.25, 0.3) is 0 Å². The van der Waals surface area contributed by atoms with Gasteiger partial charge in [-0.05, 0) is 74.5 Å². The second-order valence-corrected chi connectivity index (χ2v) is 10.5. The van der Waals surface area contributed by atoms with E-state index < -0.39 is 0 Å². The van der Waals surface area contributed by atoms with Gasteiger partial charge in [-0.25, -0.2) is 9.78 Å². The number of urea groups is 1. The molecule has 5 saturated carbocycles. The molecule has 142 valence electrons. The number of nitrogens with zero attached hydrogens (tertiary/aromatic N) is 1. The third-order valence-electron chi connectivity index (χ3n) is 7.55. The van der Waals surface area contributed by atoms with Gasteiger partial charge in [0.2, 0.25) is 0 Å². The molecular weight excluding hydrogens is 342 g/mol. The van der Waals surface area contributed by atoms with Crippen LogP contribution in [0.1, 0.15) is 82.2 Å². The normalized spacial score (nSPS) is 36.2. The molecule has 5 aliphatic rings. The average molecular weight is 374 g/mol. The first-order valence-electron chi connectivity index (χ1n) is 10.7. The monoisotopic (exact) mass is 373 g/mol. The zero-order valence-corrected chi connectivity index (χ0v) is 16.5. The van der Waals surface area contributed by atoms with Gasteiger partial charge in [-0.1, -0.05) is 19.3 Å². The van der Waals surface area contributed by atoms with Gasteiger partial charge in [0.15, 0.2) is 5.13 Å². The van der Waals surface area contributed by atoms with Gasteiger partial charge in [0, 0.05) is 17.8 Å². The van der Waals surface area contributed by atoms with E-state index in [-0.39, 0.29) is 6.03 Å². The Kier molecular flexibility index (Phi) is 4.46. The molecular formula is C21H31N3OS. The van der Waals surface area contributed by atoms with E-state index in [2.05, 4.69) is 16.0 Å². The van der Waals surface area contributed by atoms with E-state index in [1.54, 1.807) is 11.3 Å². The molecule has 0 spiro atoms. The minimum atomic E-state index is -0.0645. The summed E-state index contributed by atoms with van der Waals surface area (Å²) in [4.78, 5) is 17.1. The maximum atomic E-state index is 12.4. The predicted octanol–water partition coefficient (Wildman–Crippen LogP) is 5.53. The number of aromatic nitrogens is 1. The van der Waals surface area contributed by atoms with Crippen molar-refractivity contribution in [3.8, 4) is 0 Å². The summed E-state index contributed by atoms with van der Waals surface area (Å²) in [5, 5.41) is 9.09. The van der Waals surface area contributed by atoms with Crippen LogP contribution in [0.3, 0.4) is 0 Å². The Morgan fingerprint density at radius 3 is 2.38 bits per heavy atom. The number of carbonyl (C=O) groups is 1. The van der Waals surface area contributed by atoms with Gasteiger partial charge in [-0.2, -0.15) is 0 Å². The third-order valence-corrected chi connectivity index (χ3v) is 8.33. The first kappa shape index (κ1) is 17.0. The topological polar surface area (TPSA) is 54.0 Å². The number of hydrogen-bond donors (Lipinski definition) is 2. The molecule has 5 aliphatic carbocycles. The Labute approximate surface area is 160 Å². The van der Waals surface area contributed by atoms with Gasteiger partial charge in [0.1, 0.15) is 0 Å². The van der Waals surface area contributed by atoms with Gasteiger partial charge < -0.3 is 5.32 Å². The highest BCUT2D eigenvalue weighted by Gasteiger charge is 2.50. The van der Waals surface area contributed by atoms with Crippen LogP contribution in [0.15, 0.2) is 5.38 Å². The molecule has 4 nitrogen and oxygen atoms in total. The SMILES string of the molecule is O=C(NCC12CC3CC(CC(C3)C1)C2)Nc1nc(C2CCCCC2)cs1. The zero-order chi connectivity index (χ0) is 17.6. The van der Waals surface area contributed by atoms with Gasteiger partial charge >= 0.3 is 6.03 Å². The van der Waals surface area contributed by atoms with Gasteiger partial charge in [-0.15, -0.1) is 11.3 Å². The number of anilines is 1. The largest absolute Gasteiger partial charge is 0.337 e.